The van der Waals surface area contributed by atoms with Crippen LogP contribution in [0.2, 0.25) is 0 Å². The molecule has 2 fully saturated rings. The Balaban J connectivity index is 1.34. The number of amides is 2. The van der Waals surface area contributed by atoms with Crippen molar-refractivity contribution in [2.45, 2.75) is 32.1 Å². The Labute approximate surface area is 168 Å². The maximum atomic E-state index is 13.9. The van der Waals surface area contributed by atoms with Crippen molar-refractivity contribution in [1.82, 2.24) is 14.8 Å². The first-order chi connectivity index (χ1) is 13.6. The Kier molecular flexibility index (Phi) is 5.71. The Morgan fingerprint density at radius 3 is 2.46 bits per heavy atom. The minimum Gasteiger partial charge on any atom is -0.339 e. The van der Waals surface area contributed by atoms with Gasteiger partial charge in [0.1, 0.15) is 16.5 Å². The van der Waals surface area contributed by atoms with E-state index in [1.807, 2.05) is 4.90 Å². The lowest BCUT2D eigenvalue weighted by atomic mass is 10.0. The second-order valence-corrected chi connectivity index (χ2v) is 8.40. The van der Waals surface area contributed by atoms with Gasteiger partial charge in [0.15, 0.2) is 0 Å². The van der Waals surface area contributed by atoms with Crippen LogP contribution < -0.4 is 0 Å². The van der Waals surface area contributed by atoms with E-state index in [0.717, 1.165) is 0 Å². The number of hydrogen-bond acceptors (Lipinski definition) is 4. The van der Waals surface area contributed by atoms with Crippen LogP contribution in [0.5, 0.6) is 0 Å². The molecule has 0 atom stereocenters. The fourth-order valence-electron chi connectivity index (χ4n) is 4.04. The zero-order valence-electron chi connectivity index (χ0n) is 15.8. The van der Waals surface area contributed by atoms with Crippen molar-refractivity contribution in [3.05, 3.63) is 41.2 Å². The summed E-state index contributed by atoms with van der Waals surface area (Å²) in [5.41, 5.74) is 0.753. The van der Waals surface area contributed by atoms with E-state index >= 15 is 0 Å². The molecule has 7 heteroatoms. The van der Waals surface area contributed by atoms with Crippen LogP contribution in [0.15, 0.2) is 29.6 Å². The highest BCUT2D eigenvalue weighted by atomic mass is 32.1. The van der Waals surface area contributed by atoms with Crippen LogP contribution in [-0.2, 0) is 4.79 Å². The SMILES string of the molecule is O=C(CC1CCCC1)N1CCN(C(=O)c2csc(-c3ccccc3F)n2)CC1. The number of thiazole rings is 1. The van der Waals surface area contributed by atoms with Crippen LogP contribution in [0.1, 0.15) is 42.6 Å². The first-order valence-electron chi connectivity index (χ1n) is 9.89. The Morgan fingerprint density at radius 1 is 1.07 bits per heavy atom. The molecule has 2 amide bonds. The van der Waals surface area contributed by atoms with Gasteiger partial charge in [0.05, 0.1) is 0 Å². The number of nitrogens with zero attached hydrogens (tertiary/aromatic N) is 3. The van der Waals surface area contributed by atoms with Crippen LogP contribution in [0.3, 0.4) is 0 Å². The average molecular weight is 402 g/mol. The molecule has 1 aliphatic heterocycles. The van der Waals surface area contributed by atoms with E-state index in [4.69, 9.17) is 0 Å². The molecule has 1 aromatic carbocycles. The average Bonchev–Trinajstić information content (AvgIpc) is 3.40. The molecular formula is C21H24FN3O2S. The summed E-state index contributed by atoms with van der Waals surface area (Å²) in [6.45, 7) is 2.17. The van der Waals surface area contributed by atoms with E-state index in [-0.39, 0.29) is 17.6 Å². The quantitative estimate of drug-likeness (QED) is 0.783. The number of carbonyl (C=O) groups is 2. The number of halogens is 1. The maximum absolute atomic E-state index is 13.9. The van der Waals surface area contributed by atoms with Gasteiger partial charge in [0, 0.05) is 43.5 Å². The molecule has 0 bridgehead atoms. The molecule has 148 valence electrons. The predicted molar refractivity (Wildman–Crippen MR) is 107 cm³/mol. The summed E-state index contributed by atoms with van der Waals surface area (Å²) in [6, 6.07) is 6.44. The smallest absolute Gasteiger partial charge is 0.273 e. The fourth-order valence-corrected chi connectivity index (χ4v) is 4.86. The number of piperazine rings is 1. The second kappa shape index (κ2) is 8.39. The van der Waals surface area contributed by atoms with E-state index in [1.54, 1.807) is 28.5 Å². The van der Waals surface area contributed by atoms with Gasteiger partial charge >= 0.3 is 0 Å². The van der Waals surface area contributed by atoms with Crippen molar-refractivity contribution in [3.8, 4) is 10.6 Å². The largest absolute Gasteiger partial charge is 0.339 e. The molecule has 0 spiro atoms. The topological polar surface area (TPSA) is 53.5 Å². The molecular weight excluding hydrogens is 377 g/mol. The fraction of sp³-hybridized carbons (Fsp3) is 0.476. The summed E-state index contributed by atoms with van der Waals surface area (Å²) < 4.78 is 13.9. The summed E-state index contributed by atoms with van der Waals surface area (Å²) >= 11 is 1.27. The molecule has 2 aromatic rings. The van der Waals surface area contributed by atoms with Gasteiger partial charge in [0.2, 0.25) is 5.91 Å². The van der Waals surface area contributed by atoms with Crippen LogP contribution in [-0.4, -0.2) is 52.8 Å². The molecule has 4 rings (SSSR count). The van der Waals surface area contributed by atoms with Crippen LogP contribution in [0.4, 0.5) is 4.39 Å². The lowest BCUT2D eigenvalue weighted by molar-refractivity contribution is -0.133. The third-order valence-corrected chi connectivity index (χ3v) is 6.56. The van der Waals surface area contributed by atoms with E-state index in [0.29, 0.717) is 54.8 Å². The van der Waals surface area contributed by atoms with Gasteiger partial charge in [-0.2, -0.15) is 0 Å². The third kappa shape index (κ3) is 4.09. The first-order valence-corrected chi connectivity index (χ1v) is 10.8. The number of aromatic nitrogens is 1. The van der Waals surface area contributed by atoms with Crippen molar-refractivity contribution in [3.63, 3.8) is 0 Å². The lowest BCUT2D eigenvalue weighted by Crippen LogP contribution is -2.50. The van der Waals surface area contributed by atoms with E-state index in [1.165, 1.54) is 43.1 Å². The monoisotopic (exact) mass is 401 g/mol. The highest BCUT2D eigenvalue weighted by molar-refractivity contribution is 7.13. The normalized spacial score (nSPS) is 17.9. The second-order valence-electron chi connectivity index (χ2n) is 7.55. The Morgan fingerprint density at radius 2 is 1.75 bits per heavy atom. The van der Waals surface area contributed by atoms with E-state index in [2.05, 4.69) is 4.98 Å². The zero-order valence-corrected chi connectivity index (χ0v) is 16.6. The van der Waals surface area contributed by atoms with Gasteiger partial charge in [-0.1, -0.05) is 25.0 Å². The number of hydrogen-bond donors (Lipinski definition) is 0. The number of rotatable bonds is 4. The lowest BCUT2D eigenvalue weighted by Gasteiger charge is -2.35. The minimum atomic E-state index is -0.342. The molecule has 1 saturated heterocycles. The van der Waals surface area contributed by atoms with Crippen molar-refractivity contribution in [1.29, 1.82) is 0 Å². The first kappa shape index (κ1) is 19.1. The van der Waals surface area contributed by atoms with Crippen LogP contribution >= 0.6 is 11.3 Å². The summed E-state index contributed by atoms with van der Waals surface area (Å²) in [6.07, 6.45) is 5.45. The molecule has 2 heterocycles. The summed E-state index contributed by atoms with van der Waals surface area (Å²) in [5, 5.41) is 2.19. The van der Waals surface area contributed by atoms with Gasteiger partial charge in [-0.05, 0) is 30.9 Å². The zero-order chi connectivity index (χ0) is 19.5. The summed E-state index contributed by atoms with van der Waals surface area (Å²) in [4.78, 5) is 33.2. The molecule has 0 unspecified atom stereocenters. The van der Waals surface area contributed by atoms with Crippen molar-refractivity contribution >= 4 is 23.2 Å². The molecule has 28 heavy (non-hydrogen) atoms. The van der Waals surface area contributed by atoms with E-state index in [9.17, 15) is 14.0 Å². The highest BCUT2D eigenvalue weighted by Crippen LogP contribution is 2.29. The molecule has 0 radical (unpaired) electrons. The van der Waals surface area contributed by atoms with E-state index < -0.39 is 0 Å². The molecule has 5 nitrogen and oxygen atoms in total. The maximum Gasteiger partial charge on any atom is 0.273 e. The minimum absolute atomic E-state index is 0.151. The molecule has 1 aromatic heterocycles. The molecule has 0 N–H and O–H groups in total. The molecule has 1 saturated carbocycles. The number of benzene rings is 1. The predicted octanol–water partition coefficient (Wildman–Crippen LogP) is 3.81. The van der Waals surface area contributed by atoms with Gasteiger partial charge in [0.25, 0.3) is 5.91 Å². The Bertz CT molecular complexity index is 855. The summed E-state index contributed by atoms with van der Waals surface area (Å²) in [5.74, 6) is 0.264. The van der Waals surface area contributed by atoms with Gasteiger partial charge < -0.3 is 9.80 Å². The third-order valence-electron chi connectivity index (χ3n) is 5.69. The molecule has 1 aliphatic carbocycles. The van der Waals surface area contributed by atoms with Crippen molar-refractivity contribution in [2.24, 2.45) is 5.92 Å². The van der Waals surface area contributed by atoms with Crippen molar-refractivity contribution in [2.75, 3.05) is 26.2 Å². The standard InChI is InChI=1S/C21H24FN3O2S/c22-17-8-4-3-7-16(17)20-23-18(14-28-20)21(27)25-11-9-24(10-12-25)19(26)13-15-5-1-2-6-15/h3-4,7-8,14-15H,1-2,5-6,9-13H2. The van der Waals surface area contributed by atoms with Gasteiger partial charge in [-0.15, -0.1) is 11.3 Å². The number of carbonyl (C=O) groups excluding carboxylic acids is 2. The summed E-state index contributed by atoms with van der Waals surface area (Å²) in [7, 11) is 0. The highest BCUT2D eigenvalue weighted by Gasteiger charge is 2.28. The Hall–Kier alpha value is -2.28. The van der Waals surface area contributed by atoms with Crippen LogP contribution in [0.25, 0.3) is 10.6 Å². The van der Waals surface area contributed by atoms with Gasteiger partial charge in [-0.25, -0.2) is 9.37 Å². The van der Waals surface area contributed by atoms with Crippen LogP contribution in [0, 0.1) is 11.7 Å². The van der Waals surface area contributed by atoms with Gasteiger partial charge in [-0.3, -0.25) is 9.59 Å². The van der Waals surface area contributed by atoms with Crippen molar-refractivity contribution < 1.29 is 14.0 Å². The molecule has 2 aliphatic rings.